The number of allylic oxidation sites excluding steroid dienone is 2. The fraction of sp³-hybridized carbons (Fsp3) is 0.500. The molecule has 1 unspecified atom stereocenters. The number of carbonyl (C=O) groups is 1. The van der Waals surface area contributed by atoms with Gasteiger partial charge in [0, 0.05) is 21.8 Å². The van der Waals surface area contributed by atoms with Gasteiger partial charge in [0.1, 0.15) is 0 Å². The normalized spacial score (nSPS) is 22.4. The van der Waals surface area contributed by atoms with E-state index < -0.39 is 0 Å². The Hall–Kier alpha value is -1.22. The molecule has 2 aliphatic rings. The van der Waals surface area contributed by atoms with Crippen molar-refractivity contribution in [3.05, 3.63) is 36.4 Å². The van der Waals surface area contributed by atoms with Gasteiger partial charge >= 0.3 is 0 Å². The second-order valence-corrected chi connectivity index (χ2v) is 7.39. The molecule has 0 saturated heterocycles. The summed E-state index contributed by atoms with van der Waals surface area (Å²) in [6, 6.07) is 8.35. The lowest BCUT2D eigenvalue weighted by Crippen LogP contribution is -2.23. The molecule has 1 aromatic carbocycles. The summed E-state index contributed by atoms with van der Waals surface area (Å²) in [4.78, 5) is 13.5. The van der Waals surface area contributed by atoms with E-state index in [0.29, 0.717) is 0 Å². The van der Waals surface area contributed by atoms with Crippen LogP contribution in [-0.4, -0.2) is 11.2 Å². The monoisotopic (exact) mass is 301 g/mol. The molecule has 2 aliphatic carbocycles. The number of carbonyl (C=O) groups excluding carboxylic acids is 1. The highest BCUT2D eigenvalue weighted by atomic mass is 32.2. The zero-order valence-electron chi connectivity index (χ0n) is 12.4. The second-order valence-electron chi connectivity index (χ2n) is 6.02. The van der Waals surface area contributed by atoms with Crippen LogP contribution >= 0.6 is 11.8 Å². The van der Waals surface area contributed by atoms with Crippen LogP contribution in [0.15, 0.2) is 41.3 Å². The van der Waals surface area contributed by atoms with Crippen LogP contribution in [0, 0.1) is 5.92 Å². The van der Waals surface area contributed by atoms with Gasteiger partial charge in [-0.1, -0.05) is 25.0 Å². The summed E-state index contributed by atoms with van der Waals surface area (Å²) in [5.74, 6) is 0.304. The molecule has 1 N–H and O–H groups in total. The molecule has 0 aliphatic heterocycles. The highest BCUT2D eigenvalue weighted by Gasteiger charge is 2.19. The van der Waals surface area contributed by atoms with Gasteiger partial charge in [-0.15, -0.1) is 11.8 Å². The number of anilines is 1. The van der Waals surface area contributed by atoms with Crippen molar-refractivity contribution in [3.8, 4) is 0 Å². The van der Waals surface area contributed by atoms with Crippen molar-refractivity contribution >= 4 is 23.4 Å². The van der Waals surface area contributed by atoms with Gasteiger partial charge in [0.05, 0.1) is 0 Å². The van der Waals surface area contributed by atoms with Crippen LogP contribution < -0.4 is 5.32 Å². The number of thioether (sulfide) groups is 1. The number of amides is 1. The van der Waals surface area contributed by atoms with Gasteiger partial charge in [0.15, 0.2) is 0 Å². The summed E-state index contributed by atoms with van der Waals surface area (Å²) < 4.78 is 0. The van der Waals surface area contributed by atoms with Gasteiger partial charge in [-0.2, -0.15) is 0 Å². The summed E-state index contributed by atoms with van der Waals surface area (Å²) in [5.41, 5.74) is 0.922. The van der Waals surface area contributed by atoms with Gasteiger partial charge in [-0.3, -0.25) is 4.79 Å². The van der Waals surface area contributed by atoms with Crippen LogP contribution in [0.3, 0.4) is 0 Å². The van der Waals surface area contributed by atoms with Gasteiger partial charge in [-0.05, 0) is 56.4 Å². The van der Waals surface area contributed by atoms with Crippen molar-refractivity contribution < 1.29 is 4.79 Å². The quantitative estimate of drug-likeness (QED) is 0.791. The second kappa shape index (κ2) is 7.17. The first kappa shape index (κ1) is 14.7. The number of hydrogen-bond acceptors (Lipinski definition) is 2. The molecule has 3 rings (SSSR count). The van der Waals surface area contributed by atoms with Crippen LogP contribution in [0.5, 0.6) is 0 Å². The minimum Gasteiger partial charge on any atom is -0.326 e. The molecule has 0 heterocycles. The third-order valence-electron chi connectivity index (χ3n) is 4.37. The topological polar surface area (TPSA) is 29.1 Å². The molecule has 0 radical (unpaired) electrons. The zero-order valence-corrected chi connectivity index (χ0v) is 13.2. The molecular weight excluding hydrogens is 278 g/mol. The molecule has 0 spiro atoms. The lowest BCUT2D eigenvalue weighted by atomic mass is 9.93. The zero-order chi connectivity index (χ0) is 14.5. The Balaban J connectivity index is 1.53. The third kappa shape index (κ3) is 4.13. The van der Waals surface area contributed by atoms with Crippen molar-refractivity contribution in [3.63, 3.8) is 0 Å². The number of rotatable bonds is 4. The van der Waals surface area contributed by atoms with Crippen LogP contribution in [0.2, 0.25) is 0 Å². The summed E-state index contributed by atoms with van der Waals surface area (Å²) in [6.45, 7) is 0. The predicted octanol–water partition coefficient (Wildman–Crippen LogP) is 5.02. The molecule has 2 nitrogen and oxygen atoms in total. The van der Waals surface area contributed by atoms with Crippen LogP contribution in [0.1, 0.15) is 44.9 Å². The maximum Gasteiger partial charge on any atom is 0.227 e. The average Bonchev–Trinajstić information content (AvgIpc) is 3.03. The van der Waals surface area contributed by atoms with E-state index in [1.165, 1.54) is 30.6 Å². The summed E-state index contributed by atoms with van der Waals surface area (Å²) >= 11 is 1.99. The average molecular weight is 301 g/mol. The van der Waals surface area contributed by atoms with Gasteiger partial charge in [0.25, 0.3) is 0 Å². The van der Waals surface area contributed by atoms with E-state index in [1.807, 2.05) is 23.9 Å². The SMILES string of the molecule is O=C(Nc1ccc(SC2CCCC2)cc1)C1CC=CCC1. The van der Waals surface area contributed by atoms with E-state index in [2.05, 4.69) is 29.6 Å². The van der Waals surface area contributed by atoms with E-state index in [9.17, 15) is 4.79 Å². The molecule has 21 heavy (non-hydrogen) atoms. The highest BCUT2D eigenvalue weighted by Crippen LogP contribution is 2.35. The maximum atomic E-state index is 12.2. The Morgan fingerprint density at radius 1 is 1.05 bits per heavy atom. The molecule has 1 fully saturated rings. The van der Waals surface area contributed by atoms with Crippen LogP contribution in [-0.2, 0) is 4.79 Å². The smallest absolute Gasteiger partial charge is 0.227 e. The molecule has 0 bridgehead atoms. The molecule has 1 saturated carbocycles. The van der Waals surface area contributed by atoms with E-state index in [-0.39, 0.29) is 11.8 Å². The first-order valence-electron chi connectivity index (χ1n) is 8.04. The van der Waals surface area contributed by atoms with Gasteiger partial charge < -0.3 is 5.32 Å². The minimum absolute atomic E-state index is 0.141. The molecule has 1 amide bonds. The fourth-order valence-corrected chi connectivity index (χ4v) is 4.34. The Kier molecular flexibility index (Phi) is 5.02. The van der Waals surface area contributed by atoms with E-state index in [1.54, 1.807) is 0 Å². The predicted molar refractivity (Wildman–Crippen MR) is 89.7 cm³/mol. The lowest BCUT2D eigenvalue weighted by Gasteiger charge is -2.17. The van der Waals surface area contributed by atoms with Crippen LogP contribution in [0.4, 0.5) is 5.69 Å². The van der Waals surface area contributed by atoms with E-state index in [4.69, 9.17) is 0 Å². The Morgan fingerprint density at radius 2 is 1.81 bits per heavy atom. The molecule has 1 atom stereocenters. The largest absolute Gasteiger partial charge is 0.326 e. The fourth-order valence-electron chi connectivity index (χ4n) is 3.09. The van der Waals surface area contributed by atoms with Crippen molar-refractivity contribution in [1.29, 1.82) is 0 Å². The molecule has 0 aromatic heterocycles. The Morgan fingerprint density at radius 3 is 2.48 bits per heavy atom. The van der Waals surface area contributed by atoms with Crippen molar-refractivity contribution in [2.45, 2.75) is 55.1 Å². The highest BCUT2D eigenvalue weighted by molar-refractivity contribution is 8.00. The third-order valence-corrected chi connectivity index (χ3v) is 5.72. The summed E-state index contributed by atoms with van der Waals surface area (Å²) in [7, 11) is 0. The lowest BCUT2D eigenvalue weighted by molar-refractivity contribution is -0.120. The van der Waals surface area contributed by atoms with Crippen molar-refractivity contribution in [2.75, 3.05) is 5.32 Å². The minimum atomic E-state index is 0.141. The Bertz CT molecular complexity index is 502. The molecule has 112 valence electrons. The number of hydrogen-bond donors (Lipinski definition) is 1. The number of nitrogens with one attached hydrogen (secondary N) is 1. The Labute approximate surface area is 131 Å². The van der Waals surface area contributed by atoms with Gasteiger partial charge in [-0.25, -0.2) is 0 Å². The first-order valence-corrected chi connectivity index (χ1v) is 8.92. The first-order chi connectivity index (χ1) is 10.3. The van der Waals surface area contributed by atoms with Gasteiger partial charge in [0.2, 0.25) is 5.91 Å². The van der Waals surface area contributed by atoms with Crippen LogP contribution in [0.25, 0.3) is 0 Å². The molecule has 3 heteroatoms. The maximum absolute atomic E-state index is 12.2. The van der Waals surface area contributed by atoms with Crippen molar-refractivity contribution in [1.82, 2.24) is 0 Å². The summed E-state index contributed by atoms with van der Waals surface area (Å²) in [5, 5.41) is 3.84. The molecular formula is C18H23NOS. The standard InChI is InChI=1S/C18H23NOS/c20-18(14-6-2-1-3-7-14)19-15-10-12-17(13-11-15)21-16-8-4-5-9-16/h1-2,10-14,16H,3-9H2,(H,19,20). The van der Waals surface area contributed by atoms with Crippen molar-refractivity contribution in [2.24, 2.45) is 5.92 Å². The molecule has 1 aromatic rings. The van der Waals surface area contributed by atoms with E-state index >= 15 is 0 Å². The van der Waals surface area contributed by atoms with E-state index in [0.717, 1.165) is 30.2 Å². The summed E-state index contributed by atoms with van der Waals surface area (Å²) in [6.07, 6.45) is 12.6. The number of benzene rings is 1.